The summed E-state index contributed by atoms with van der Waals surface area (Å²) >= 11 is 0. The highest BCUT2D eigenvalue weighted by Gasteiger charge is 2.26. The molecule has 0 spiro atoms. The lowest BCUT2D eigenvalue weighted by molar-refractivity contribution is 0.0598. The first kappa shape index (κ1) is 22.6. The molecule has 0 atom stereocenters. The minimum absolute atomic E-state index is 0.221. The lowest BCUT2D eigenvalue weighted by Crippen LogP contribution is -2.22. The number of hydrogen-bond acceptors (Lipinski definition) is 4. The van der Waals surface area contributed by atoms with Crippen LogP contribution in [0.5, 0.6) is 0 Å². The fourth-order valence-corrected chi connectivity index (χ4v) is 3.78. The largest absolute Gasteiger partial charge is 0.465 e. The third kappa shape index (κ3) is 4.84. The number of rotatable bonds is 8. The van der Waals surface area contributed by atoms with Crippen molar-refractivity contribution in [3.8, 4) is 0 Å². The molecule has 2 rings (SSSR count). The fraction of sp³-hybridized carbons (Fsp3) is 0.458. The number of esters is 1. The highest BCUT2D eigenvalue weighted by Crippen LogP contribution is 2.27. The molecular weight excluding hydrogens is 364 g/mol. The van der Waals surface area contributed by atoms with Crippen LogP contribution < -0.4 is 5.32 Å². The second-order valence-corrected chi connectivity index (χ2v) is 7.22. The van der Waals surface area contributed by atoms with Crippen molar-refractivity contribution in [1.82, 2.24) is 4.98 Å². The van der Waals surface area contributed by atoms with E-state index in [1.54, 1.807) is 6.92 Å². The molecule has 0 aliphatic rings. The molecule has 1 aromatic carbocycles. The molecule has 0 aliphatic carbocycles. The summed E-state index contributed by atoms with van der Waals surface area (Å²) < 4.78 is 4.99. The van der Waals surface area contributed by atoms with Gasteiger partial charge in [-0.3, -0.25) is 9.78 Å². The van der Waals surface area contributed by atoms with Gasteiger partial charge < -0.3 is 10.1 Å². The maximum absolute atomic E-state index is 13.4. The quantitative estimate of drug-likeness (QED) is 0.622. The number of pyridine rings is 1. The van der Waals surface area contributed by atoms with Crippen LogP contribution in [0.15, 0.2) is 18.2 Å². The second kappa shape index (κ2) is 10.2. The molecule has 1 heterocycles. The van der Waals surface area contributed by atoms with Crippen LogP contribution in [-0.2, 0) is 24.0 Å². The van der Waals surface area contributed by atoms with E-state index in [1.807, 2.05) is 25.1 Å². The van der Waals surface area contributed by atoms with Gasteiger partial charge in [-0.1, -0.05) is 45.4 Å². The van der Waals surface area contributed by atoms with Crippen LogP contribution in [0.4, 0.5) is 5.69 Å². The Morgan fingerprint density at radius 3 is 2.10 bits per heavy atom. The molecule has 29 heavy (non-hydrogen) atoms. The Morgan fingerprint density at radius 1 is 1.00 bits per heavy atom. The van der Waals surface area contributed by atoms with E-state index in [0.29, 0.717) is 28.9 Å². The smallest absolute Gasteiger partial charge is 0.340 e. The molecule has 0 unspecified atom stereocenters. The predicted molar refractivity (Wildman–Crippen MR) is 117 cm³/mol. The highest BCUT2D eigenvalue weighted by molar-refractivity contribution is 6.08. The van der Waals surface area contributed by atoms with Gasteiger partial charge in [0.1, 0.15) is 0 Å². The summed E-state index contributed by atoms with van der Waals surface area (Å²) in [6.45, 7) is 9.85. The maximum atomic E-state index is 13.4. The van der Waals surface area contributed by atoms with E-state index in [-0.39, 0.29) is 5.91 Å². The van der Waals surface area contributed by atoms with Crippen LogP contribution in [0, 0.1) is 13.8 Å². The van der Waals surface area contributed by atoms with Crippen molar-refractivity contribution in [2.24, 2.45) is 0 Å². The van der Waals surface area contributed by atoms with Gasteiger partial charge in [0.05, 0.1) is 29.6 Å². The van der Waals surface area contributed by atoms with Gasteiger partial charge in [0.25, 0.3) is 5.91 Å². The van der Waals surface area contributed by atoms with Crippen LogP contribution in [0.25, 0.3) is 0 Å². The zero-order chi connectivity index (χ0) is 21.6. The summed E-state index contributed by atoms with van der Waals surface area (Å²) in [6.07, 6.45) is 4.11. The number of nitrogens with zero attached hydrogens (tertiary/aromatic N) is 1. The van der Waals surface area contributed by atoms with Crippen molar-refractivity contribution in [3.63, 3.8) is 0 Å². The Hall–Kier alpha value is -2.69. The summed E-state index contributed by atoms with van der Waals surface area (Å²) in [5, 5.41) is 3.13. The molecule has 0 saturated carbocycles. The summed E-state index contributed by atoms with van der Waals surface area (Å²) in [5.41, 5.74) is 5.91. The number of methoxy groups -OCH3 is 1. The number of carbonyl (C=O) groups is 2. The van der Waals surface area contributed by atoms with Gasteiger partial charge in [0.2, 0.25) is 0 Å². The lowest BCUT2D eigenvalue weighted by Gasteiger charge is -2.19. The van der Waals surface area contributed by atoms with Crippen LogP contribution >= 0.6 is 0 Å². The van der Waals surface area contributed by atoms with Gasteiger partial charge in [-0.2, -0.15) is 0 Å². The summed E-state index contributed by atoms with van der Waals surface area (Å²) in [6, 6.07) is 6.09. The minimum atomic E-state index is -0.446. The Morgan fingerprint density at radius 2 is 1.59 bits per heavy atom. The molecule has 0 radical (unpaired) electrons. The standard InChI is InChI=1S/C24H32N2O3/c1-7-10-14-19-20(15(4)25-16(5)21(19)24(28)29-6)23(27)26-22-17(8-2)12-11-13-18(22)9-3/h11-13H,7-10,14H2,1-6H3,(H,26,27). The second-order valence-electron chi connectivity index (χ2n) is 7.22. The third-order valence-electron chi connectivity index (χ3n) is 5.30. The minimum Gasteiger partial charge on any atom is -0.465 e. The van der Waals surface area contributed by atoms with Gasteiger partial charge in [0.15, 0.2) is 0 Å². The first-order valence-electron chi connectivity index (χ1n) is 10.4. The summed E-state index contributed by atoms with van der Waals surface area (Å²) in [5.74, 6) is -0.666. The number of anilines is 1. The molecule has 1 N–H and O–H groups in total. The number of ether oxygens (including phenoxy) is 1. The van der Waals surface area contributed by atoms with Crippen LogP contribution in [0.3, 0.4) is 0 Å². The van der Waals surface area contributed by atoms with E-state index in [4.69, 9.17) is 4.74 Å². The van der Waals surface area contributed by atoms with Crippen LogP contribution in [0.1, 0.15) is 82.4 Å². The molecule has 0 saturated heterocycles. The first-order valence-corrected chi connectivity index (χ1v) is 10.4. The highest BCUT2D eigenvalue weighted by atomic mass is 16.5. The molecule has 2 aromatic rings. The fourth-order valence-electron chi connectivity index (χ4n) is 3.78. The van der Waals surface area contributed by atoms with E-state index < -0.39 is 5.97 Å². The van der Waals surface area contributed by atoms with Crippen molar-refractivity contribution in [2.75, 3.05) is 12.4 Å². The molecule has 156 valence electrons. The first-order chi connectivity index (χ1) is 13.9. The number of amides is 1. The van der Waals surface area contributed by atoms with Crippen LogP contribution in [0.2, 0.25) is 0 Å². The Bertz CT molecular complexity index is 881. The predicted octanol–water partition coefficient (Wildman–Crippen LogP) is 5.20. The van der Waals surface area contributed by atoms with E-state index in [1.165, 1.54) is 7.11 Å². The molecule has 0 aliphatic heterocycles. The summed E-state index contributed by atoms with van der Waals surface area (Å²) in [4.78, 5) is 30.4. The molecule has 1 aromatic heterocycles. The zero-order valence-electron chi connectivity index (χ0n) is 18.4. The van der Waals surface area contributed by atoms with Crippen molar-refractivity contribution in [1.29, 1.82) is 0 Å². The molecule has 0 fully saturated rings. The van der Waals surface area contributed by atoms with Crippen molar-refractivity contribution >= 4 is 17.6 Å². The van der Waals surface area contributed by atoms with Gasteiger partial charge in [0, 0.05) is 5.69 Å². The Balaban J connectivity index is 2.62. The van der Waals surface area contributed by atoms with Crippen molar-refractivity contribution in [3.05, 3.63) is 57.4 Å². The molecule has 5 heteroatoms. The van der Waals surface area contributed by atoms with Gasteiger partial charge in [-0.05, 0) is 56.2 Å². The number of para-hydroxylation sites is 1. The van der Waals surface area contributed by atoms with Crippen LogP contribution in [-0.4, -0.2) is 24.0 Å². The van der Waals surface area contributed by atoms with Gasteiger partial charge in [-0.15, -0.1) is 0 Å². The normalized spacial score (nSPS) is 10.7. The van der Waals surface area contributed by atoms with Crippen molar-refractivity contribution < 1.29 is 14.3 Å². The number of benzene rings is 1. The average molecular weight is 397 g/mol. The van der Waals surface area contributed by atoms with Crippen molar-refractivity contribution in [2.45, 2.75) is 66.7 Å². The van der Waals surface area contributed by atoms with Gasteiger partial charge in [-0.25, -0.2) is 4.79 Å². The lowest BCUT2D eigenvalue weighted by atomic mass is 9.93. The Labute approximate surface area is 173 Å². The summed E-state index contributed by atoms with van der Waals surface area (Å²) in [7, 11) is 1.36. The molecule has 1 amide bonds. The Kier molecular flexibility index (Phi) is 7.94. The van der Waals surface area contributed by atoms with E-state index in [2.05, 4.69) is 31.1 Å². The molecule has 5 nitrogen and oxygen atoms in total. The topological polar surface area (TPSA) is 68.3 Å². The monoisotopic (exact) mass is 396 g/mol. The average Bonchev–Trinajstić information content (AvgIpc) is 2.71. The number of aromatic nitrogens is 1. The maximum Gasteiger partial charge on any atom is 0.340 e. The number of nitrogens with one attached hydrogen (secondary N) is 1. The number of unbranched alkanes of at least 4 members (excludes halogenated alkanes) is 1. The van der Waals surface area contributed by atoms with E-state index in [9.17, 15) is 9.59 Å². The molecule has 0 bridgehead atoms. The molecular formula is C24H32N2O3. The van der Waals surface area contributed by atoms with Gasteiger partial charge >= 0.3 is 5.97 Å². The zero-order valence-corrected chi connectivity index (χ0v) is 18.4. The number of carbonyl (C=O) groups excluding carboxylic acids is 2. The SMILES string of the molecule is CCCCc1c(C(=O)Nc2c(CC)cccc2CC)c(C)nc(C)c1C(=O)OC. The third-order valence-corrected chi connectivity index (χ3v) is 5.30. The number of hydrogen-bond donors (Lipinski definition) is 1. The number of aryl methyl sites for hydroxylation is 4. The van der Waals surface area contributed by atoms with E-state index >= 15 is 0 Å². The van der Waals surface area contributed by atoms with E-state index in [0.717, 1.165) is 48.1 Å².